The predicted octanol–water partition coefficient (Wildman–Crippen LogP) is 6.72. The highest BCUT2D eigenvalue weighted by Crippen LogP contribution is 2.41. The molecular formula is C26H19ClF3NO3. The quantitative estimate of drug-likeness (QED) is 0.302. The summed E-state index contributed by atoms with van der Waals surface area (Å²) >= 11 is 6.52. The van der Waals surface area contributed by atoms with E-state index in [0.29, 0.717) is 45.0 Å². The summed E-state index contributed by atoms with van der Waals surface area (Å²) in [6.45, 7) is 2.22. The van der Waals surface area contributed by atoms with Gasteiger partial charge in [-0.2, -0.15) is 13.2 Å². The van der Waals surface area contributed by atoms with Gasteiger partial charge in [0, 0.05) is 23.1 Å². The van der Waals surface area contributed by atoms with Crippen molar-refractivity contribution >= 4 is 28.3 Å². The molecule has 0 aliphatic carbocycles. The molecule has 0 N–H and O–H groups in total. The number of halogens is 4. The van der Waals surface area contributed by atoms with Crippen LogP contribution in [0.3, 0.4) is 0 Å². The molecule has 4 aromatic rings. The molecular weight excluding hydrogens is 467 g/mol. The fourth-order valence-electron chi connectivity index (χ4n) is 4.24. The Hall–Kier alpha value is -3.45. The first kappa shape index (κ1) is 22.3. The summed E-state index contributed by atoms with van der Waals surface area (Å²) in [5, 5.41) is 1.09. The molecule has 0 amide bonds. The molecule has 0 saturated heterocycles. The second kappa shape index (κ2) is 8.40. The normalized spacial score (nSPS) is 13.6. The number of fused-ring (bicyclic) bond motifs is 3. The maximum atomic E-state index is 13.0. The number of hydrogen-bond donors (Lipinski definition) is 0. The minimum atomic E-state index is -4.41. The van der Waals surface area contributed by atoms with Gasteiger partial charge in [-0.05, 0) is 48.4 Å². The number of nitrogens with zero attached hydrogens (tertiary/aromatic N) is 1. The SMILES string of the molecule is Cc1c(Cc2ccccc2)c(=O)oc2c3c(c(Cl)cc12)OCN(c1ccc(C(F)(F)F)cc1)C3. The third kappa shape index (κ3) is 4.01. The molecule has 0 saturated carbocycles. The summed E-state index contributed by atoms with van der Waals surface area (Å²) in [4.78, 5) is 14.7. The van der Waals surface area contributed by atoms with Crippen molar-refractivity contribution in [2.75, 3.05) is 11.6 Å². The maximum Gasteiger partial charge on any atom is 0.416 e. The highest BCUT2D eigenvalue weighted by atomic mass is 35.5. The summed E-state index contributed by atoms with van der Waals surface area (Å²) in [6, 6.07) is 16.2. The summed E-state index contributed by atoms with van der Waals surface area (Å²) < 4.78 is 50.4. The van der Waals surface area contributed by atoms with Gasteiger partial charge in [0.1, 0.15) is 11.3 Å². The van der Waals surface area contributed by atoms with Crippen LogP contribution in [0.25, 0.3) is 11.0 Å². The molecule has 5 rings (SSSR count). The smallest absolute Gasteiger partial charge is 0.416 e. The molecule has 1 aliphatic rings. The fourth-order valence-corrected chi connectivity index (χ4v) is 4.52. The van der Waals surface area contributed by atoms with E-state index in [0.717, 1.165) is 23.3 Å². The van der Waals surface area contributed by atoms with Gasteiger partial charge in [-0.15, -0.1) is 0 Å². The van der Waals surface area contributed by atoms with Gasteiger partial charge in [0.05, 0.1) is 22.7 Å². The van der Waals surface area contributed by atoms with Crippen LogP contribution < -0.4 is 15.3 Å². The van der Waals surface area contributed by atoms with E-state index in [2.05, 4.69) is 0 Å². The molecule has 8 heteroatoms. The summed E-state index contributed by atoms with van der Waals surface area (Å²) in [5.41, 5.74) is 2.64. The van der Waals surface area contributed by atoms with Crippen molar-refractivity contribution in [2.45, 2.75) is 26.1 Å². The second-order valence-corrected chi connectivity index (χ2v) is 8.62. The summed E-state index contributed by atoms with van der Waals surface area (Å²) in [6.07, 6.45) is -3.99. The van der Waals surface area contributed by atoms with E-state index in [1.54, 1.807) is 11.0 Å². The van der Waals surface area contributed by atoms with Crippen LogP contribution in [0.15, 0.2) is 69.9 Å². The zero-order valence-corrected chi connectivity index (χ0v) is 18.8. The molecule has 0 atom stereocenters. The third-order valence-corrected chi connectivity index (χ3v) is 6.36. The van der Waals surface area contributed by atoms with E-state index in [-0.39, 0.29) is 13.3 Å². The largest absolute Gasteiger partial charge is 0.471 e. The average Bonchev–Trinajstić information content (AvgIpc) is 2.83. The first-order chi connectivity index (χ1) is 16.2. The number of benzene rings is 3. The van der Waals surface area contributed by atoms with Crippen LogP contribution in [-0.2, 0) is 19.1 Å². The van der Waals surface area contributed by atoms with Crippen LogP contribution in [0.2, 0.25) is 5.02 Å². The van der Waals surface area contributed by atoms with E-state index in [4.69, 9.17) is 20.8 Å². The zero-order valence-electron chi connectivity index (χ0n) is 18.1. The lowest BCUT2D eigenvalue weighted by Gasteiger charge is -2.32. The Kier molecular flexibility index (Phi) is 5.52. The van der Waals surface area contributed by atoms with Crippen molar-refractivity contribution in [3.8, 4) is 5.75 Å². The van der Waals surface area contributed by atoms with Gasteiger partial charge in [0.25, 0.3) is 0 Å². The Morgan fingerprint density at radius 3 is 2.44 bits per heavy atom. The highest BCUT2D eigenvalue weighted by Gasteiger charge is 2.31. The number of anilines is 1. The molecule has 174 valence electrons. The van der Waals surface area contributed by atoms with Crippen LogP contribution >= 0.6 is 11.6 Å². The predicted molar refractivity (Wildman–Crippen MR) is 125 cm³/mol. The molecule has 1 aliphatic heterocycles. The molecule has 1 aromatic heterocycles. The van der Waals surface area contributed by atoms with E-state index < -0.39 is 17.4 Å². The molecule has 3 aromatic carbocycles. The van der Waals surface area contributed by atoms with Gasteiger partial charge < -0.3 is 14.1 Å². The number of aryl methyl sites for hydroxylation is 1. The fraction of sp³-hybridized carbons (Fsp3) is 0.192. The van der Waals surface area contributed by atoms with Crippen molar-refractivity contribution < 1.29 is 22.3 Å². The van der Waals surface area contributed by atoms with Gasteiger partial charge in [-0.25, -0.2) is 4.79 Å². The van der Waals surface area contributed by atoms with Crippen LogP contribution in [0.1, 0.15) is 27.8 Å². The maximum absolute atomic E-state index is 13.0. The molecule has 0 fully saturated rings. The number of rotatable bonds is 3. The van der Waals surface area contributed by atoms with Crippen molar-refractivity contribution in [1.82, 2.24) is 0 Å². The summed E-state index contributed by atoms with van der Waals surface area (Å²) in [7, 11) is 0. The van der Waals surface area contributed by atoms with Crippen molar-refractivity contribution in [3.05, 3.63) is 104 Å². The number of alkyl halides is 3. The monoisotopic (exact) mass is 485 g/mol. The molecule has 0 unspecified atom stereocenters. The standard InChI is InChI=1S/C26H19ClF3NO3/c1-15-19-12-22(27)24-21(23(19)34-25(32)20(15)11-16-5-3-2-4-6-16)13-31(14-33-24)18-9-7-17(8-10-18)26(28,29)30/h2-10,12H,11,13-14H2,1H3. The molecule has 2 heterocycles. The molecule has 34 heavy (non-hydrogen) atoms. The lowest BCUT2D eigenvalue weighted by molar-refractivity contribution is -0.137. The van der Waals surface area contributed by atoms with E-state index in [1.165, 1.54) is 12.1 Å². The molecule has 0 radical (unpaired) electrons. The zero-order chi connectivity index (χ0) is 24.0. The van der Waals surface area contributed by atoms with Gasteiger partial charge in [-0.1, -0.05) is 41.9 Å². The van der Waals surface area contributed by atoms with Crippen molar-refractivity contribution in [2.24, 2.45) is 0 Å². The minimum Gasteiger partial charge on any atom is -0.471 e. The number of ether oxygens (including phenoxy) is 1. The van der Waals surface area contributed by atoms with Gasteiger partial charge in [0.15, 0.2) is 6.73 Å². The van der Waals surface area contributed by atoms with E-state index in [1.807, 2.05) is 37.3 Å². The Morgan fingerprint density at radius 2 is 1.76 bits per heavy atom. The van der Waals surface area contributed by atoms with E-state index in [9.17, 15) is 18.0 Å². The van der Waals surface area contributed by atoms with Gasteiger partial charge in [-0.3, -0.25) is 0 Å². The second-order valence-electron chi connectivity index (χ2n) is 8.21. The first-order valence-corrected chi connectivity index (χ1v) is 11.0. The number of hydrogen-bond acceptors (Lipinski definition) is 4. The first-order valence-electron chi connectivity index (χ1n) is 10.6. The van der Waals surface area contributed by atoms with Crippen LogP contribution in [0.5, 0.6) is 5.75 Å². The van der Waals surface area contributed by atoms with Crippen LogP contribution in [0, 0.1) is 6.92 Å². The lowest BCUT2D eigenvalue weighted by Crippen LogP contribution is -2.32. The van der Waals surface area contributed by atoms with Crippen molar-refractivity contribution in [3.63, 3.8) is 0 Å². The lowest BCUT2D eigenvalue weighted by atomic mass is 9.97. The Balaban J connectivity index is 1.56. The van der Waals surface area contributed by atoms with Gasteiger partial charge >= 0.3 is 11.8 Å². The average molecular weight is 486 g/mol. The Bertz CT molecular complexity index is 1430. The topological polar surface area (TPSA) is 42.7 Å². The summed E-state index contributed by atoms with van der Waals surface area (Å²) in [5.74, 6) is 0.413. The third-order valence-electron chi connectivity index (χ3n) is 6.08. The van der Waals surface area contributed by atoms with Crippen molar-refractivity contribution in [1.29, 1.82) is 0 Å². The highest BCUT2D eigenvalue weighted by molar-refractivity contribution is 6.33. The van der Waals surface area contributed by atoms with Gasteiger partial charge in [0.2, 0.25) is 0 Å². The Labute approximate surface area is 198 Å². The van der Waals surface area contributed by atoms with Crippen LogP contribution in [0.4, 0.5) is 18.9 Å². The molecule has 0 bridgehead atoms. The Morgan fingerprint density at radius 1 is 1.06 bits per heavy atom. The minimum absolute atomic E-state index is 0.0961. The van der Waals surface area contributed by atoms with E-state index >= 15 is 0 Å². The van der Waals surface area contributed by atoms with Crippen LogP contribution in [-0.4, -0.2) is 6.73 Å². The molecule has 4 nitrogen and oxygen atoms in total. The molecule has 0 spiro atoms.